The van der Waals surface area contributed by atoms with Gasteiger partial charge in [-0.05, 0) is 26.2 Å². The molecule has 2 aliphatic heterocycles. The second-order valence-corrected chi connectivity index (χ2v) is 8.81. The van der Waals surface area contributed by atoms with Crippen LogP contribution in [0.2, 0.25) is 0 Å². The van der Waals surface area contributed by atoms with E-state index >= 15 is 0 Å². The van der Waals surface area contributed by atoms with Crippen LogP contribution in [0.3, 0.4) is 0 Å². The predicted molar refractivity (Wildman–Crippen MR) is 105 cm³/mol. The number of guanidine groups is 1. The van der Waals surface area contributed by atoms with Crippen LogP contribution in [-0.2, 0) is 19.6 Å². The summed E-state index contributed by atoms with van der Waals surface area (Å²) < 4.78 is 32.6. The summed E-state index contributed by atoms with van der Waals surface area (Å²) in [7, 11) is -3.38. The highest BCUT2D eigenvalue weighted by atomic mass is 32.2. The highest BCUT2D eigenvalue weighted by Gasteiger charge is 2.21. The van der Waals surface area contributed by atoms with Gasteiger partial charge in [0.05, 0.1) is 18.4 Å². The highest BCUT2D eigenvalue weighted by molar-refractivity contribution is 7.89. The van der Waals surface area contributed by atoms with Crippen LogP contribution in [0.4, 0.5) is 0 Å². The van der Waals surface area contributed by atoms with Gasteiger partial charge in [0.1, 0.15) is 0 Å². The smallest absolute Gasteiger partial charge is 0.219 e. The summed E-state index contributed by atoms with van der Waals surface area (Å²) in [4.78, 5) is 19.8. The van der Waals surface area contributed by atoms with Gasteiger partial charge in [0.25, 0.3) is 0 Å². The zero-order valence-electron chi connectivity index (χ0n) is 16.4. The number of amides is 1. The second kappa shape index (κ2) is 10.8. The molecule has 0 aliphatic carbocycles. The van der Waals surface area contributed by atoms with Crippen LogP contribution in [0.15, 0.2) is 4.99 Å². The molecule has 2 rings (SSSR count). The molecule has 2 fully saturated rings. The van der Waals surface area contributed by atoms with Gasteiger partial charge in [-0.3, -0.25) is 9.79 Å². The maximum Gasteiger partial charge on any atom is 0.219 e. The minimum absolute atomic E-state index is 0.0214. The van der Waals surface area contributed by atoms with Gasteiger partial charge in [0.2, 0.25) is 15.9 Å². The third kappa shape index (κ3) is 7.63. The molecular weight excluding hydrogens is 370 g/mol. The number of carbonyl (C=O) groups is 1. The van der Waals surface area contributed by atoms with E-state index < -0.39 is 10.0 Å². The molecule has 27 heavy (non-hydrogen) atoms. The number of nitrogens with one attached hydrogen (secondary N) is 2. The predicted octanol–water partition coefficient (Wildman–Crippen LogP) is -0.395. The fourth-order valence-electron chi connectivity index (χ4n) is 3.19. The van der Waals surface area contributed by atoms with E-state index in [1.807, 2.05) is 11.8 Å². The van der Waals surface area contributed by atoms with Gasteiger partial charge in [0, 0.05) is 52.8 Å². The van der Waals surface area contributed by atoms with Crippen molar-refractivity contribution in [2.45, 2.75) is 39.2 Å². The van der Waals surface area contributed by atoms with Crippen molar-refractivity contribution in [1.29, 1.82) is 0 Å². The SMILES string of the molecule is CCNC(=NCCS(=O)(=O)NCC1CCCCO1)N1CCN(C(C)=O)CC1. The van der Waals surface area contributed by atoms with Crippen LogP contribution in [-0.4, -0.2) is 94.4 Å². The van der Waals surface area contributed by atoms with E-state index in [2.05, 4.69) is 19.9 Å². The molecule has 2 aliphatic rings. The molecule has 2 saturated heterocycles. The molecule has 10 heteroatoms. The van der Waals surface area contributed by atoms with Gasteiger partial charge in [0.15, 0.2) is 5.96 Å². The molecule has 0 radical (unpaired) electrons. The molecule has 0 bridgehead atoms. The summed E-state index contributed by atoms with van der Waals surface area (Å²) in [6.07, 6.45) is 3.01. The Balaban J connectivity index is 1.80. The van der Waals surface area contributed by atoms with Crippen LogP contribution in [0.25, 0.3) is 0 Å². The lowest BCUT2D eigenvalue weighted by Crippen LogP contribution is -2.53. The lowest BCUT2D eigenvalue weighted by molar-refractivity contribution is -0.130. The summed E-state index contributed by atoms with van der Waals surface area (Å²) in [6, 6.07) is 0. The molecule has 9 nitrogen and oxygen atoms in total. The fourth-order valence-corrected chi connectivity index (χ4v) is 4.11. The van der Waals surface area contributed by atoms with Crippen LogP contribution >= 0.6 is 0 Å². The Bertz CT molecular complexity index is 596. The first-order chi connectivity index (χ1) is 12.9. The Hall–Kier alpha value is -1.39. The molecule has 1 atom stereocenters. The second-order valence-electron chi connectivity index (χ2n) is 6.88. The van der Waals surface area contributed by atoms with E-state index in [9.17, 15) is 13.2 Å². The minimum atomic E-state index is -3.38. The first-order valence-electron chi connectivity index (χ1n) is 9.79. The average molecular weight is 404 g/mol. The summed E-state index contributed by atoms with van der Waals surface area (Å²) in [6.45, 7) is 8.17. The maximum absolute atomic E-state index is 12.2. The van der Waals surface area contributed by atoms with E-state index in [1.165, 1.54) is 0 Å². The standard InChI is InChI=1S/C17H33N5O4S/c1-3-18-17(22-10-8-21(9-11-22)15(2)23)19-7-13-27(24,25)20-14-16-6-4-5-12-26-16/h16,20H,3-14H2,1-2H3,(H,18,19). The number of hydrogen-bond acceptors (Lipinski definition) is 5. The van der Waals surface area contributed by atoms with Crippen molar-refractivity contribution in [1.82, 2.24) is 19.8 Å². The van der Waals surface area contributed by atoms with Crippen molar-refractivity contribution in [2.75, 3.05) is 58.2 Å². The molecule has 0 saturated carbocycles. The highest BCUT2D eigenvalue weighted by Crippen LogP contribution is 2.11. The Morgan fingerprint density at radius 1 is 1.19 bits per heavy atom. The van der Waals surface area contributed by atoms with E-state index in [0.29, 0.717) is 51.8 Å². The third-order valence-corrected chi connectivity index (χ3v) is 6.11. The molecule has 1 amide bonds. The van der Waals surface area contributed by atoms with Gasteiger partial charge in [-0.1, -0.05) is 0 Å². The van der Waals surface area contributed by atoms with Crippen molar-refractivity contribution in [3.63, 3.8) is 0 Å². The normalized spacial score (nSPS) is 22.0. The number of carbonyl (C=O) groups excluding carboxylic acids is 1. The Morgan fingerprint density at radius 3 is 2.48 bits per heavy atom. The van der Waals surface area contributed by atoms with Crippen molar-refractivity contribution < 1.29 is 17.9 Å². The number of ether oxygens (including phenoxy) is 1. The van der Waals surface area contributed by atoms with E-state index in [1.54, 1.807) is 6.92 Å². The Kier molecular flexibility index (Phi) is 8.78. The Morgan fingerprint density at radius 2 is 1.89 bits per heavy atom. The van der Waals surface area contributed by atoms with Crippen LogP contribution in [0.1, 0.15) is 33.1 Å². The van der Waals surface area contributed by atoms with Gasteiger partial charge in [-0.2, -0.15) is 0 Å². The number of nitrogens with zero attached hydrogens (tertiary/aromatic N) is 3. The zero-order chi connectivity index (χ0) is 19.7. The average Bonchev–Trinajstić information content (AvgIpc) is 2.67. The van der Waals surface area contributed by atoms with E-state index in [0.717, 1.165) is 19.3 Å². The van der Waals surface area contributed by atoms with E-state index in [4.69, 9.17) is 4.74 Å². The first-order valence-corrected chi connectivity index (χ1v) is 11.4. The quantitative estimate of drug-likeness (QED) is 0.443. The van der Waals surface area contributed by atoms with Crippen molar-refractivity contribution in [3.8, 4) is 0 Å². The number of piperazine rings is 1. The topological polar surface area (TPSA) is 103 Å². The van der Waals surface area contributed by atoms with Gasteiger partial charge < -0.3 is 19.9 Å². The Labute approximate surface area is 162 Å². The summed E-state index contributed by atoms with van der Waals surface area (Å²) in [5.41, 5.74) is 0. The summed E-state index contributed by atoms with van der Waals surface area (Å²) in [5.74, 6) is 0.726. The van der Waals surface area contributed by atoms with Crippen molar-refractivity contribution in [3.05, 3.63) is 0 Å². The molecule has 0 aromatic carbocycles. The number of sulfonamides is 1. The van der Waals surface area contributed by atoms with Crippen LogP contribution in [0, 0.1) is 0 Å². The zero-order valence-corrected chi connectivity index (χ0v) is 17.3. The van der Waals surface area contributed by atoms with Crippen molar-refractivity contribution >= 4 is 21.9 Å². The van der Waals surface area contributed by atoms with E-state index in [-0.39, 0.29) is 24.3 Å². The molecule has 0 aromatic rings. The monoisotopic (exact) mass is 403 g/mol. The molecule has 156 valence electrons. The number of aliphatic imine (C=N–C) groups is 1. The molecule has 0 spiro atoms. The fraction of sp³-hybridized carbons (Fsp3) is 0.882. The molecule has 2 N–H and O–H groups in total. The van der Waals surface area contributed by atoms with Crippen LogP contribution < -0.4 is 10.0 Å². The number of rotatable bonds is 7. The molecule has 2 heterocycles. The number of hydrogen-bond donors (Lipinski definition) is 2. The van der Waals surface area contributed by atoms with Crippen molar-refractivity contribution in [2.24, 2.45) is 4.99 Å². The maximum atomic E-state index is 12.2. The lowest BCUT2D eigenvalue weighted by Gasteiger charge is -2.36. The van der Waals surface area contributed by atoms with Gasteiger partial charge in [-0.15, -0.1) is 0 Å². The largest absolute Gasteiger partial charge is 0.377 e. The van der Waals surface area contributed by atoms with Gasteiger partial charge in [-0.25, -0.2) is 13.1 Å². The van der Waals surface area contributed by atoms with Gasteiger partial charge >= 0.3 is 0 Å². The summed E-state index contributed by atoms with van der Waals surface area (Å²) in [5, 5.41) is 3.20. The molecule has 0 aromatic heterocycles. The minimum Gasteiger partial charge on any atom is -0.377 e. The molecule has 1 unspecified atom stereocenters. The molecular formula is C17H33N5O4S. The lowest BCUT2D eigenvalue weighted by atomic mass is 10.1. The third-order valence-electron chi connectivity index (χ3n) is 4.79. The first kappa shape index (κ1) is 21.9. The van der Waals surface area contributed by atoms with Crippen LogP contribution in [0.5, 0.6) is 0 Å². The summed E-state index contributed by atoms with van der Waals surface area (Å²) >= 11 is 0.